The van der Waals surface area contributed by atoms with Crippen LogP contribution in [0.15, 0.2) is 11.4 Å². The molecular weight excluding hydrogens is 298 g/mol. The molecule has 5 heteroatoms. The van der Waals surface area contributed by atoms with Crippen LogP contribution in [-0.4, -0.2) is 35.8 Å². The van der Waals surface area contributed by atoms with Crippen LogP contribution in [0.5, 0.6) is 5.75 Å². The van der Waals surface area contributed by atoms with Gasteiger partial charge in [-0.05, 0) is 45.6 Å². The molecule has 1 saturated carbocycles. The fourth-order valence-electron chi connectivity index (χ4n) is 2.65. The van der Waals surface area contributed by atoms with E-state index in [0.29, 0.717) is 13.1 Å². The Labute approximate surface area is 136 Å². The first kappa shape index (κ1) is 15.7. The molecule has 0 N–H and O–H groups in total. The minimum atomic E-state index is -0.430. The van der Waals surface area contributed by atoms with Gasteiger partial charge >= 0.3 is 6.09 Å². The van der Waals surface area contributed by atoms with E-state index in [-0.39, 0.29) is 12.2 Å². The van der Waals surface area contributed by atoms with Gasteiger partial charge in [-0.2, -0.15) is 0 Å². The molecule has 1 aromatic rings. The number of rotatable bonds is 3. The third-order valence-corrected chi connectivity index (χ3v) is 5.05. The Bertz CT molecular complexity index is 522. The predicted octanol–water partition coefficient (Wildman–Crippen LogP) is 4.40. The van der Waals surface area contributed by atoms with E-state index in [1.165, 1.54) is 17.7 Å². The van der Waals surface area contributed by atoms with E-state index in [2.05, 4.69) is 11.4 Å². The molecule has 22 heavy (non-hydrogen) atoms. The van der Waals surface area contributed by atoms with Gasteiger partial charge in [-0.25, -0.2) is 4.79 Å². The molecule has 0 spiro atoms. The molecule has 0 atom stereocenters. The van der Waals surface area contributed by atoms with Gasteiger partial charge in [0.05, 0.1) is 0 Å². The van der Waals surface area contributed by atoms with Gasteiger partial charge in [-0.1, -0.05) is 0 Å². The van der Waals surface area contributed by atoms with Gasteiger partial charge in [0.1, 0.15) is 17.5 Å². The quantitative estimate of drug-likeness (QED) is 0.827. The molecule has 3 rings (SSSR count). The maximum Gasteiger partial charge on any atom is 0.410 e. The van der Waals surface area contributed by atoms with Crippen LogP contribution in [0.4, 0.5) is 4.79 Å². The lowest BCUT2D eigenvalue weighted by Crippen LogP contribution is -2.44. The number of nitrogens with zero attached hydrogens (tertiary/aromatic N) is 1. The van der Waals surface area contributed by atoms with Gasteiger partial charge < -0.3 is 14.4 Å². The summed E-state index contributed by atoms with van der Waals surface area (Å²) in [6.45, 7) is 7.11. The standard InChI is InChI=1S/C17H25NO3S/c1-17(2,3)21-16(19)18-8-6-13(7-9-18)20-14-10-15(22-11-14)12-4-5-12/h10-13H,4-9H2,1-3H3. The van der Waals surface area contributed by atoms with Crippen LogP contribution in [0, 0.1) is 0 Å². The lowest BCUT2D eigenvalue weighted by Gasteiger charge is -2.33. The summed E-state index contributed by atoms with van der Waals surface area (Å²) in [7, 11) is 0. The number of hydrogen-bond donors (Lipinski definition) is 0. The van der Waals surface area contributed by atoms with E-state index >= 15 is 0 Å². The highest BCUT2D eigenvalue weighted by Crippen LogP contribution is 2.44. The topological polar surface area (TPSA) is 38.8 Å². The highest BCUT2D eigenvalue weighted by Gasteiger charge is 2.29. The summed E-state index contributed by atoms with van der Waals surface area (Å²) in [4.78, 5) is 15.3. The molecule has 1 saturated heterocycles. The Hall–Kier alpha value is -1.23. The van der Waals surface area contributed by atoms with E-state index < -0.39 is 5.60 Å². The third-order valence-electron chi connectivity index (χ3n) is 3.97. The van der Waals surface area contributed by atoms with Crippen LogP contribution in [0.3, 0.4) is 0 Å². The minimum absolute atomic E-state index is 0.209. The van der Waals surface area contributed by atoms with Crippen LogP contribution in [0.25, 0.3) is 0 Å². The first-order valence-electron chi connectivity index (χ1n) is 8.14. The maximum absolute atomic E-state index is 12.0. The smallest absolute Gasteiger partial charge is 0.410 e. The average Bonchev–Trinajstić information content (AvgIpc) is 3.19. The van der Waals surface area contributed by atoms with Crippen molar-refractivity contribution >= 4 is 17.4 Å². The molecule has 0 radical (unpaired) electrons. The lowest BCUT2D eigenvalue weighted by atomic mass is 10.1. The van der Waals surface area contributed by atoms with Crippen LogP contribution < -0.4 is 4.74 Å². The van der Waals surface area contributed by atoms with E-state index in [1.54, 1.807) is 4.90 Å². The second-order valence-electron chi connectivity index (χ2n) is 7.24. The monoisotopic (exact) mass is 323 g/mol. The molecule has 4 nitrogen and oxygen atoms in total. The third kappa shape index (κ3) is 4.15. The SMILES string of the molecule is CC(C)(C)OC(=O)N1CCC(Oc2csc(C3CC3)c2)CC1. The van der Waals surface area contributed by atoms with Crippen molar-refractivity contribution in [3.05, 3.63) is 16.3 Å². The Balaban J connectivity index is 1.45. The second kappa shape index (κ2) is 6.11. The molecule has 1 aromatic heterocycles. The molecule has 0 unspecified atom stereocenters. The highest BCUT2D eigenvalue weighted by atomic mass is 32.1. The summed E-state index contributed by atoms with van der Waals surface area (Å²) < 4.78 is 11.5. The zero-order valence-corrected chi connectivity index (χ0v) is 14.4. The molecular formula is C17H25NO3S. The number of carbonyl (C=O) groups excluding carboxylic acids is 1. The van der Waals surface area contributed by atoms with E-state index in [4.69, 9.17) is 9.47 Å². The van der Waals surface area contributed by atoms with Crippen molar-refractivity contribution in [3.8, 4) is 5.75 Å². The summed E-state index contributed by atoms with van der Waals surface area (Å²) >= 11 is 1.81. The largest absolute Gasteiger partial charge is 0.489 e. The first-order chi connectivity index (χ1) is 10.4. The number of carbonyl (C=O) groups is 1. The Kier molecular flexibility index (Phi) is 4.35. The van der Waals surface area contributed by atoms with Crippen LogP contribution in [0.1, 0.15) is 57.2 Å². The molecule has 1 aliphatic carbocycles. The molecule has 122 valence electrons. The van der Waals surface area contributed by atoms with Crippen LogP contribution in [-0.2, 0) is 4.74 Å². The molecule has 2 fully saturated rings. The highest BCUT2D eigenvalue weighted by molar-refractivity contribution is 7.10. The number of likely N-dealkylation sites (tertiary alicyclic amines) is 1. The summed E-state index contributed by atoms with van der Waals surface area (Å²) in [5.74, 6) is 1.79. The maximum atomic E-state index is 12.0. The van der Waals surface area contributed by atoms with Gasteiger partial charge in [-0.15, -0.1) is 11.3 Å². The van der Waals surface area contributed by atoms with Crippen molar-refractivity contribution in [2.24, 2.45) is 0 Å². The number of amides is 1. The van der Waals surface area contributed by atoms with Gasteiger partial charge in [0.15, 0.2) is 0 Å². The summed E-state index contributed by atoms with van der Waals surface area (Å²) in [5.41, 5.74) is -0.430. The Morgan fingerprint density at radius 1 is 1.23 bits per heavy atom. The van der Waals surface area contributed by atoms with E-state index in [0.717, 1.165) is 24.5 Å². The van der Waals surface area contributed by atoms with Crippen LogP contribution >= 0.6 is 11.3 Å². The van der Waals surface area contributed by atoms with Crippen LogP contribution in [0.2, 0.25) is 0 Å². The number of hydrogen-bond acceptors (Lipinski definition) is 4. The van der Waals surface area contributed by atoms with Gasteiger partial charge in [-0.3, -0.25) is 0 Å². The summed E-state index contributed by atoms with van der Waals surface area (Å²) in [5, 5.41) is 2.12. The fraction of sp³-hybridized carbons (Fsp3) is 0.706. The van der Waals surface area contributed by atoms with Crippen molar-refractivity contribution in [2.75, 3.05) is 13.1 Å². The minimum Gasteiger partial charge on any atom is -0.489 e. The van der Waals surface area contributed by atoms with E-state index in [1.807, 2.05) is 32.1 Å². The van der Waals surface area contributed by atoms with Crippen molar-refractivity contribution in [1.29, 1.82) is 0 Å². The van der Waals surface area contributed by atoms with Crippen molar-refractivity contribution in [3.63, 3.8) is 0 Å². The van der Waals surface area contributed by atoms with Crippen molar-refractivity contribution in [1.82, 2.24) is 4.90 Å². The zero-order valence-electron chi connectivity index (χ0n) is 13.6. The normalized spacial score (nSPS) is 20.0. The van der Waals surface area contributed by atoms with E-state index in [9.17, 15) is 4.79 Å². The molecule has 1 aliphatic heterocycles. The van der Waals surface area contributed by atoms with Gasteiger partial charge in [0, 0.05) is 36.2 Å². The number of thiophene rings is 1. The number of ether oxygens (including phenoxy) is 2. The first-order valence-corrected chi connectivity index (χ1v) is 9.02. The van der Waals surface area contributed by atoms with Crippen molar-refractivity contribution in [2.45, 2.75) is 64.1 Å². The molecule has 0 aromatic carbocycles. The molecule has 0 bridgehead atoms. The number of piperidine rings is 1. The fourth-order valence-corrected chi connectivity index (χ4v) is 3.64. The molecule has 2 aliphatic rings. The lowest BCUT2D eigenvalue weighted by molar-refractivity contribution is 0.0127. The van der Waals surface area contributed by atoms with Gasteiger partial charge in [0.25, 0.3) is 0 Å². The molecule has 1 amide bonds. The predicted molar refractivity (Wildman–Crippen MR) is 87.8 cm³/mol. The Morgan fingerprint density at radius 2 is 1.91 bits per heavy atom. The average molecular weight is 323 g/mol. The zero-order chi connectivity index (χ0) is 15.7. The van der Waals surface area contributed by atoms with Gasteiger partial charge in [0.2, 0.25) is 0 Å². The second-order valence-corrected chi connectivity index (χ2v) is 8.19. The summed E-state index contributed by atoms with van der Waals surface area (Å²) in [6, 6.07) is 2.20. The summed E-state index contributed by atoms with van der Waals surface area (Å²) in [6.07, 6.45) is 4.39. The Morgan fingerprint density at radius 3 is 2.50 bits per heavy atom. The molecule has 2 heterocycles. The van der Waals surface area contributed by atoms with Crippen molar-refractivity contribution < 1.29 is 14.3 Å².